The number of pyridine rings is 1. The number of carbonyl (C=O) groups is 2. The van der Waals surface area contributed by atoms with E-state index in [1.165, 1.54) is 32.1 Å². The highest BCUT2D eigenvalue weighted by Crippen LogP contribution is 2.33. The molecule has 0 saturated carbocycles. The number of fused-ring (bicyclic) bond motifs is 1. The van der Waals surface area contributed by atoms with Crippen LogP contribution in [-0.2, 0) is 11.2 Å². The zero-order valence-electron chi connectivity index (χ0n) is 18.2. The monoisotopic (exact) mass is 420 g/mol. The summed E-state index contributed by atoms with van der Waals surface area (Å²) in [7, 11) is 1.34. The minimum atomic E-state index is -0.440. The number of esters is 1. The summed E-state index contributed by atoms with van der Waals surface area (Å²) in [5.74, 6) is -0.733. The van der Waals surface area contributed by atoms with E-state index in [9.17, 15) is 9.59 Å². The largest absolute Gasteiger partial charge is 0.465 e. The van der Waals surface area contributed by atoms with Crippen LogP contribution in [0.25, 0.3) is 10.8 Å². The predicted molar refractivity (Wildman–Crippen MR) is 122 cm³/mol. The minimum absolute atomic E-state index is 0.293. The second-order valence-corrected chi connectivity index (χ2v) is 7.88. The molecule has 1 aliphatic rings. The van der Waals surface area contributed by atoms with Crippen LogP contribution in [0, 0.1) is 6.92 Å². The number of nitrogens with one attached hydrogen (secondary N) is 2. The number of amides is 1. The number of hydrogen-bond acceptors (Lipinski definition) is 5. The SMILES string of the molecule is CCc1[nH]c(C(=O)Nc2ccc(N3CCCCC3)c3ccncc23)c(C)c1C(=O)OC. The van der Waals surface area contributed by atoms with Crippen LogP contribution in [0.5, 0.6) is 0 Å². The van der Waals surface area contributed by atoms with Crippen LogP contribution >= 0.6 is 0 Å². The second kappa shape index (κ2) is 8.79. The molecule has 31 heavy (non-hydrogen) atoms. The van der Waals surface area contributed by atoms with Crippen molar-refractivity contribution >= 4 is 34.0 Å². The van der Waals surface area contributed by atoms with Gasteiger partial charge in [0.05, 0.1) is 18.4 Å². The molecule has 0 bridgehead atoms. The molecule has 4 rings (SSSR count). The molecule has 1 aliphatic heterocycles. The van der Waals surface area contributed by atoms with Gasteiger partial charge >= 0.3 is 5.97 Å². The number of aryl methyl sites for hydroxylation is 1. The molecule has 0 atom stereocenters. The minimum Gasteiger partial charge on any atom is -0.465 e. The number of piperidine rings is 1. The highest BCUT2D eigenvalue weighted by atomic mass is 16.5. The van der Waals surface area contributed by atoms with E-state index in [0.717, 1.165) is 23.9 Å². The first-order chi connectivity index (χ1) is 15.0. The normalized spacial score (nSPS) is 14.0. The van der Waals surface area contributed by atoms with Gasteiger partial charge in [-0.25, -0.2) is 4.79 Å². The van der Waals surface area contributed by atoms with Crippen molar-refractivity contribution < 1.29 is 14.3 Å². The Hall–Kier alpha value is -3.35. The fraction of sp³-hybridized carbons (Fsp3) is 0.375. The number of hydrogen-bond donors (Lipinski definition) is 2. The fourth-order valence-corrected chi connectivity index (χ4v) is 4.41. The summed E-state index contributed by atoms with van der Waals surface area (Å²) in [6.07, 6.45) is 7.83. The van der Waals surface area contributed by atoms with Crippen LogP contribution < -0.4 is 10.2 Å². The van der Waals surface area contributed by atoms with E-state index in [2.05, 4.69) is 26.3 Å². The lowest BCUT2D eigenvalue weighted by molar-refractivity contribution is 0.0599. The molecule has 1 amide bonds. The van der Waals surface area contributed by atoms with E-state index >= 15 is 0 Å². The van der Waals surface area contributed by atoms with E-state index in [0.29, 0.717) is 34.6 Å². The lowest BCUT2D eigenvalue weighted by Gasteiger charge is -2.30. The number of H-pyrrole nitrogens is 1. The summed E-state index contributed by atoms with van der Waals surface area (Å²) in [4.78, 5) is 35.1. The van der Waals surface area contributed by atoms with Crippen molar-refractivity contribution in [1.29, 1.82) is 0 Å². The topological polar surface area (TPSA) is 87.3 Å². The van der Waals surface area contributed by atoms with Crippen molar-refractivity contribution in [2.24, 2.45) is 0 Å². The molecular formula is C24H28N4O3. The molecule has 7 nitrogen and oxygen atoms in total. The van der Waals surface area contributed by atoms with Crippen LogP contribution in [0.3, 0.4) is 0 Å². The van der Waals surface area contributed by atoms with Crippen molar-refractivity contribution in [2.45, 2.75) is 39.5 Å². The van der Waals surface area contributed by atoms with Crippen molar-refractivity contribution in [1.82, 2.24) is 9.97 Å². The summed E-state index contributed by atoms with van der Waals surface area (Å²) in [5, 5.41) is 4.98. The van der Waals surface area contributed by atoms with Gasteiger partial charge in [0.1, 0.15) is 5.69 Å². The Balaban J connectivity index is 1.69. The third-order valence-electron chi connectivity index (χ3n) is 6.04. The van der Waals surface area contributed by atoms with E-state index in [4.69, 9.17) is 4.74 Å². The Morgan fingerprint density at radius 1 is 1.16 bits per heavy atom. The first-order valence-electron chi connectivity index (χ1n) is 10.8. The summed E-state index contributed by atoms with van der Waals surface area (Å²) in [6.45, 7) is 5.77. The number of anilines is 2. The summed E-state index contributed by atoms with van der Waals surface area (Å²) >= 11 is 0. The average molecular weight is 421 g/mol. The van der Waals surface area contributed by atoms with Gasteiger partial charge in [0.2, 0.25) is 0 Å². The van der Waals surface area contributed by atoms with E-state index in [1.807, 2.05) is 19.1 Å². The van der Waals surface area contributed by atoms with Gasteiger partial charge in [-0.15, -0.1) is 0 Å². The smallest absolute Gasteiger partial charge is 0.339 e. The van der Waals surface area contributed by atoms with Gasteiger partial charge in [-0.1, -0.05) is 6.92 Å². The molecule has 7 heteroatoms. The molecule has 0 aliphatic carbocycles. The lowest BCUT2D eigenvalue weighted by Crippen LogP contribution is -2.29. The highest BCUT2D eigenvalue weighted by molar-refractivity contribution is 6.12. The number of aromatic amines is 1. The van der Waals surface area contributed by atoms with Crippen LogP contribution in [0.4, 0.5) is 11.4 Å². The number of methoxy groups -OCH3 is 1. The Morgan fingerprint density at radius 2 is 1.94 bits per heavy atom. The summed E-state index contributed by atoms with van der Waals surface area (Å²) in [5.41, 5.74) is 3.96. The molecule has 0 spiro atoms. The van der Waals surface area contributed by atoms with Gasteiger partial charge in [-0.05, 0) is 56.4 Å². The summed E-state index contributed by atoms with van der Waals surface area (Å²) in [6, 6.07) is 6.01. The molecule has 3 aromatic rings. The molecular weight excluding hydrogens is 392 g/mol. The van der Waals surface area contributed by atoms with E-state index in [1.54, 1.807) is 19.3 Å². The zero-order chi connectivity index (χ0) is 22.0. The standard InChI is InChI=1S/C24H28N4O3/c1-4-18-21(24(30)31-3)15(2)22(26-18)23(29)27-19-8-9-20(28-12-6-5-7-13-28)16-10-11-25-14-17(16)19/h8-11,14,26H,4-7,12-13H2,1-3H3,(H,27,29). The number of aromatic nitrogens is 2. The molecule has 1 fully saturated rings. The predicted octanol–water partition coefficient (Wildman–Crippen LogP) is 4.46. The van der Waals surface area contributed by atoms with E-state index in [-0.39, 0.29) is 5.91 Å². The second-order valence-electron chi connectivity index (χ2n) is 7.88. The number of benzene rings is 1. The number of ether oxygens (including phenoxy) is 1. The molecule has 1 aromatic carbocycles. The van der Waals surface area contributed by atoms with Crippen molar-refractivity contribution in [3.05, 3.63) is 53.1 Å². The van der Waals surface area contributed by atoms with Gasteiger partial charge in [-0.2, -0.15) is 0 Å². The van der Waals surface area contributed by atoms with Gasteiger partial charge < -0.3 is 19.9 Å². The Bertz CT molecular complexity index is 1130. The molecule has 0 radical (unpaired) electrons. The Labute approximate surface area is 181 Å². The first kappa shape index (κ1) is 20.9. The fourth-order valence-electron chi connectivity index (χ4n) is 4.41. The molecule has 2 N–H and O–H groups in total. The number of nitrogens with zero attached hydrogens (tertiary/aromatic N) is 2. The quantitative estimate of drug-likeness (QED) is 0.595. The molecule has 1 saturated heterocycles. The number of rotatable bonds is 5. The Kier molecular flexibility index (Phi) is 5.93. The molecule has 3 heterocycles. The third kappa shape index (κ3) is 3.87. The van der Waals surface area contributed by atoms with Gasteiger partial charge in [0.25, 0.3) is 5.91 Å². The molecule has 2 aromatic heterocycles. The maximum atomic E-state index is 13.1. The van der Waals surface area contributed by atoms with Crippen LogP contribution in [0.2, 0.25) is 0 Å². The van der Waals surface area contributed by atoms with Gasteiger partial charge in [0, 0.05) is 47.6 Å². The van der Waals surface area contributed by atoms with Crippen LogP contribution in [0.1, 0.15) is 58.3 Å². The first-order valence-corrected chi connectivity index (χ1v) is 10.8. The van der Waals surface area contributed by atoms with Crippen molar-refractivity contribution in [3.8, 4) is 0 Å². The maximum Gasteiger partial charge on any atom is 0.339 e. The zero-order valence-corrected chi connectivity index (χ0v) is 18.2. The molecule has 162 valence electrons. The Morgan fingerprint density at radius 3 is 2.65 bits per heavy atom. The van der Waals surface area contributed by atoms with Crippen LogP contribution in [0.15, 0.2) is 30.6 Å². The summed E-state index contributed by atoms with van der Waals surface area (Å²) < 4.78 is 4.90. The average Bonchev–Trinajstić information content (AvgIpc) is 3.15. The van der Waals surface area contributed by atoms with Gasteiger partial charge in [0.15, 0.2) is 0 Å². The third-order valence-corrected chi connectivity index (χ3v) is 6.04. The highest BCUT2D eigenvalue weighted by Gasteiger charge is 2.24. The van der Waals surface area contributed by atoms with E-state index < -0.39 is 5.97 Å². The van der Waals surface area contributed by atoms with Crippen molar-refractivity contribution in [2.75, 3.05) is 30.4 Å². The maximum absolute atomic E-state index is 13.1. The number of carbonyl (C=O) groups excluding carboxylic acids is 2. The van der Waals surface area contributed by atoms with Crippen molar-refractivity contribution in [3.63, 3.8) is 0 Å². The van der Waals surface area contributed by atoms with Gasteiger partial charge in [-0.3, -0.25) is 9.78 Å². The van der Waals surface area contributed by atoms with Crippen LogP contribution in [-0.4, -0.2) is 42.0 Å². The lowest BCUT2D eigenvalue weighted by atomic mass is 10.0. The molecule has 0 unspecified atom stereocenters.